The van der Waals surface area contributed by atoms with Gasteiger partial charge in [0.05, 0.1) is 22.1 Å². The van der Waals surface area contributed by atoms with Crippen LogP contribution in [0.2, 0.25) is 5.02 Å². The molecule has 1 saturated heterocycles. The van der Waals surface area contributed by atoms with Gasteiger partial charge in [-0.3, -0.25) is 4.79 Å². The van der Waals surface area contributed by atoms with Crippen molar-refractivity contribution in [3.05, 3.63) is 76.4 Å². The van der Waals surface area contributed by atoms with Gasteiger partial charge in [0.15, 0.2) is 5.65 Å². The van der Waals surface area contributed by atoms with Gasteiger partial charge in [-0.25, -0.2) is 4.98 Å². The number of likely N-dealkylation sites (tertiary alicyclic amines) is 1. The molecule has 2 aromatic heterocycles. The van der Waals surface area contributed by atoms with Crippen LogP contribution in [-0.4, -0.2) is 50.8 Å². The van der Waals surface area contributed by atoms with E-state index in [9.17, 15) is 4.79 Å². The van der Waals surface area contributed by atoms with E-state index in [0.717, 1.165) is 64.6 Å². The van der Waals surface area contributed by atoms with Gasteiger partial charge < -0.3 is 10.2 Å². The Morgan fingerprint density at radius 2 is 1.86 bits per heavy atom. The Balaban J connectivity index is 1.21. The van der Waals surface area contributed by atoms with Gasteiger partial charge in [0, 0.05) is 41.2 Å². The summed E-state index contributed by atoms with van der Waals surface area (Å²) in [6.07, 6.45) is 3.70. The third-order valence-electron chi connectivity index (χ3n) is 6.22. The molecule has 3 heterocycles. The molecule has 6 nitrogen and oxygen atoms in total. The van der Waals surface area contributed by atoms with E-state index < -0.39 is 0 Å². The van der Waals surface area contributed by atoms with E-state index in [0.29, 0.717) is 16.7 Å². The second-order valence-corrected chi connectivity index (χ2v) is 10.9. The van der Waals surface area contributed by atoms with Crippen LogP contribution in [0.25, 0.3) is 16.9 Å². The molecule has 0 aliphatic carbocycles. The number of amides is 1. The molecule has 0 unspecified atom stereocenters. The normalized spacial score (nSPS) is 14.4. The molecule has 1 fully saturated rings. The average molecular weight is 571 g/mol. The molecule has 0 spiro atoms. The molecule has 1 aliphatic rings. The van der Waals surface area contributed by atoms with Crippen LogP contribution < -0.4 is 5.32 Å². The van der Waals surface area contributed by atoms with Crippen molar-refractivity contribution in [1.29, 1.82) is 0 Å². The van der Waals surface area contributed by atoms with Crippen LogP contribution in [0.3, 0.4) is 0 Å². The van der Waals surface area contributed by atoms with Crippen molar-refractivity contribution in [3.8, 4) is 11.3 Å². The van der Waals surface area contributed by atoms with E-state index >= 15 is 0 Å². The lowest BCUT2D eigenvalue weighted by Crippen LogP contribution is -2.40. The molecule has 1 aliphatic heterocycles. The number of fused-ring (bicyclic) bond motifs is 1. The Bertz CT molecular complexity index is 1320. The number of benzene rings is 2. The molecule has 35 heavy (non-hydrogen) atoms. The number of carbonyl (C=O) groups excluding carboxylic acids is 1. The molecule has 0 saturated carbocycles. The Morgan fingerprint density at radius 3 is 2.63 bits per heavy atom. The van der Waals surface area contributed by atoms with Crippen molar-refractivity contribution in [2.24, 2.45) is 5.92 Å². The largest absolute Gasteiger partial charge is 0.370 e. The van der Waals surface area contributed by atoms with Crippen LogP contribution in [0.5, 0.6) is 0 Å². The number of piperidine rings is 1. The van der Waals surface area contributed by atoms with Crippen LogP contribution in [0, 0.1) is 5.92 Å². The Kier molecular flexibility index (Phi) is 7.60. The van der Waals surface area contributed by atoms with Crippen LogP contribution in [0.4, 0.5) is 5.82 Å². The highest BCUT2D eigenvalue weighted by molar-refractivity contribution is 9.10. The standard InChI is InChI=1S/C26H25BrClN5OS/c27-21-16-30-33-24(14-23(31-26(21)33)20-8-4-5-9-22(20)28)29-15-18-10-12-32(13-11-18)25(34)17-35-19-6-2-1-3-7-19/h1-9,14,16,18,29H,10-13,15,17H2. The van der Waals surface area contributed by atoms with Crippen molar-refractivity contribution in [2.75, 3.05) is 30.7 Å². The van der Waals surface area contributed by atoms with Gasteiger partial charge in [-0.2, -0.15) is 9.61 Å². The van der Waals surface area contributed by atoms with Gasteiger partial charge in [0.25, 0.3) is 0 Å². The summed E-state index contributed by atoms with van der Waals surface area (Å²) in [7, 11) is 0. The van der Waals surface area contributed by atoms with Crippen LogP contribution >= 0.6 is 39.3 Å². The van der Waals surface area contributed by atoms with E-state index in [1.807, 2.05) is 70.1 Å². The number of nitrogens with one attached hydrogen (secondary N) is 1. The summed E-state index contributed by atoms with van der Waals surface area (Å²) in [5, 5.41) is 8.72. The molecular weight excluding hydrogens is 546 g/mol. The minimum Gasteiger partial charge on any atom is -0.370 e. The molecular formula is C26H25BrClN5OS. The maximum atomic E-state index is 12.7. The van der Waals surface area contributed by atoms with E-state index in [-0.39, 0.29) is 5.91 Å². The molecule has 0 radical (unpaired) electrons. The van der Waals surface area contributed by atoms with Crippen LogP contribution in [-0.2, 0) is 4.79 Å². The third kappa shape index (κ3) is 5.66. The number of halogens is 2. The van der Waals surface area contributed by atoms with Crippen molar-refractivity contribution >= 4 is 56.7 Å². The summed E-state index contributed by atoms with van der Waals surface area (Å²) in [4.78, 5) is 20.6. The maximum absolute atomic E-state index is 12.7. The van der Waals surface area contributed by atoms with Gasteiger partial charge in [-0.1, -0.05) is 48.0 Å². The van der Waals surface area contributed by atoms with E-state index in [4.69, 9.17) is 16.6 Å². The fourth-order valence-electron chi connectivity index (χ4n) is 4.26. The van der Waals surface area contributed by atoms with Crippen molar-refractivity contribution < 1.29 is 4.79 Å². The Morgan fingerprint density at radius 1 is 1.11 bits per heavy atom. The van der Waals surface area contributed by atoms with E-state index in [1.165, 1.54) is 0 Å². The summed E-state index contributed by atoms with van der Waals surface area (Å²) >= 11 is 11.6. The Labute approximate surface area is 222 Å². The quantitative estimate of drug-likeness (QED) is 0.266. The first-order valence-corrected chi connectivity index (χ1v) is 13.7. The van der Waals surface area contributed by atoms with E-state index in [1.54, 1.807) is 18.0 Å². The first-order chi connectivity index (χ1) is 17.1. The number of hydrogen-bond donors (Lipinski definition) is 1. The summed E-state index contributed by atoms with van der Waals surface area (Å²) in [6.45, 7) is 2.40. The highest BCUT2D eigenvalue weighted by Gasteiger charge is 2.23. The van der Waals surface area contributed by atoms with Gasteiger partial charge >= 0.3 is 0 Å². The summed E-state index contributed by atoms with van der Waals surface area (Å²) in [5.41, 5.74) is 2.41. The monoisotopic (exact) mass is 569 g/mol. The molecule has 180 valence electrons. The highest BCUT2D eigenvalue weighted by atomic mass is 79.9. The van der Waals surface area contributed by atoms with E-state index in [2.05, 4.69) is 26.3 Å². The minimum atomic E-state index is 0.215. The molecule has 4 aromatic rings. The lowest BCUT2D eigenvalue weighted by molar-refractivity contribution is -0.129. The first kappa shape index (κ1) is 24.2. The smallest absolute Gasteiger partial charge is 0.232 e. The number of aromatic nitrogens is 3. The van der Waals surface area contributed by atoms with Gasteiger partial charge in [-0.05, 0) is 52.9 Å². The number of anilines is 1. The second-order valence-electron chi connectivity index (χ2n) is 8.54. The molecule has 0 atom stereocenters. The number of carbonyl (C=O) groups is 1. The molecule has 2 aromatic carbocycles. The second kappa shape index (κ2) is 11.0. The fourth-order valence-corrected chi connectivity index (χ4v) is 5.66. The maximum Gasteiger partial charge on any atom is 0.232 e. The predicted molar refractivity (Wildman–Crippen MR) is 146 cm³/mol. The summed E-state index contributed by atoms with van der Waals surface area (Å²) in [6, 6.07) is 19.8. The fraction of sp³-hybridized carbons (Fsp3) is 0.269. The zero-order valence-electron chi connectivity index (χ0n) is 19.0. The zero-order valence-corrected chi connectivity index (χ0v) is 22.2. The molecule has 1 N–H and O–H groups in total. The minimum absolute atomic E-state index is 0.215. The molecule has 1 amide bonds. The first-order valence-electron chi connectivity index (χ1n) is 11.6. The highest BCUT2D eigenvalue weighted by Crippen LogP contribution is 2.30. The number of thioether (sulfide) groups is 1. The zero-order chi connectivity index (χ0) is 24.2. The lowest BCUT2D eigenvalue weighted by atomic mass is 9.97. The topological polar surface area (TPSA) is 62.5 Å². The summed E-state index contributed by atoms with van der Waals surface area (Å²) < 4.78 is 2.64. The Hall–Kier alpha value is -2.55. The number of nitrogens with zero attached hydrogens (tertiary/aromatic N) is 4. The van der Waals surface area contributed by atoms with Gasteiger partial charge in [-0.15, -0.1) is 11.8 Å². The summed E-state index contributed by atoms with van der Waals surface area (Å²) in [5.74, 6) is 2.05. The van der Waals surface area contributed by atoms with Crippen LogP contribution in [0.15, 0.2) is 76.2 Å². The average Bonchev–Trinajstić information content (AvgIpc) is 3.27. The van der Waals surface area contributed by atoms with Crippen molar-refractivity contribution in [3.63, 3.8) is 0 Å². The van der Waals surface area contributed by atoms with Crippen molar-refractivity contribution in [1.82, 2.24) is 19.5 Å². The van der Waals surface area contributed by atoms with Crippen molar-refractivity contribution in [2.45, 2.75) is 17.7 Å². The molecule has 0 bridgehead atoms. The van der Waals surface area contributed by atoms with Gasteiger partial charge in [0.2, 0.25) is 5.91 Å². The third-order valence-corrected chi connectivity index (χ3v) is 8.11. The number of hydrogen-bond acceptors (Lipinski definition) is 5. The van der Waals surface area contributed by atoms with Gasteiger partial charge in [0.1, 0.15) is 5.82 Å². The molecule has 9 heteroatoms. The number of rotatable bonds is 7. The SMILES string of the molecule is O=C(CSc1ccccc1)N1CCC(CNc2cc(-c3ccccc3Cl)nc3c(Br)cnn23)CC1. The predicted octanol–water partition coefficient (Wildman–Crippen LogP) is 6.26. The van der Waals surface area contributed by atoms with Crippen LogP contribution in [0.1, 0.15) is 12.8 Å². The lowest BCUT2D eigenvalue weighted by Gasteiger charge is -2.32. The molecule has 5 rings (SSSR count).